The van der Waals surface area contributed by atoms with Crippen LogP contribution in [0.4, 0.5) is 0 Å². The van der Waals surface area contributed by atoms with E-state index in [1.165, 1.54) is 0 Å². The van der Waals surface area contributed by atoms with E-state index in [2.05, 4.69) is 22.2 Å². The monoisotopic (exact) mass is 285 g/mol. The first-order valence-corrected chi connectivity index (χ1v) is 7.32. The molecule has 20 heavy (non-hydrogen) atoms. The smallest absolute Gasteiger partial charge is 0.326 e. The van der Waals surface area contributed by atoms with Gasteiger partial charge in [-0.15, -0.1) is 0 Å². The number of rotatable bonds is 6. The molecule has 0 aliphatic carbocycles. The van der Waals surface area contributed by atoms with Gasteiger partial charge in [0.25, 0.3) is 0 Å². The lowest BCUT2D eigenvalue weighted by Gasteiger charge is -2.36. The van der Waals surface area contributed by atoms with Crippen LogP contribution in [0.15, 0.2) is 0 Å². The highest BCUT2D eigenvalue weighted by molar-refractivity contribution is 5.86. The molecule has 0 saturated carbocycles. The van der Waals surface area contributed by atoms with Crippen molar-refractivity contribution in [1.29, 1.82) is 0 Å². The van der Waals surface area contributed by atoms with Crippen molar-refractivity contribution in [1.82, 2.24) is 15.1 Å². The van der Waals surface area contributed by atoms with E-state index in [4.69, 9.17) is 0 Å². The first-order chi connectivity index (χ1) is 9.36. The van der Waals surface area contributed by atoms with Gasteiger partial charge >= 0.3 is 5.97 Å². The van der Waals surface area contributed by atoms with Crippen molar-refractivity contribution < 1.29 is 14.7 Å². The fraction of sp³-hybridized carbons (Fsp3) is 0.857. The van der Waals surface area contributed by atoms with Crippen LogP contribution in [0.1, 0.15) is 27.2 Å². The SMILES string of the molecule is CCC(C)C(NC(=O)C(C)N1CCN(C)CC1)C(=O)O. The third kappa shape index (κ3) is 4.45. The summed E-state index contributed by atoms with van der Waals surface area (Å²) < 4.78 is 0. The molecule has 2 N–H and O–H groups in total. The Morgan fingerprint density at radius 1 is 1.20 bits per heavy atom. The summed E-state index contributed by atoms with van der Waals surface area (Å²) in [6.45, 7) is 9.17. The molecule has 1 aliphatic heterocycles. The Labute approximate surface area is 121 Å². The predicted molar refractivity (Wildman–Crippen MR) is 77.6 cm³/mol. The van der Waals surface area contributed by atoms with Gasteiger partial charge in [0, 0.05) is 26.2 Å². The Hall–Kier alpha value is -1.14. The summed E-state index contributed by atoms with van der Waals surface area (Å²) in [4.78, 5) is 27.8. The number of carboxylic acids is 1. The van der Waals surface area contributed by atoms with E-state index in [0.717, 1.165) is 32.6 Å². The molecule has 1 saturated heterocycles. The molecule has 0 aromatic rings. The highest BCUT2D eigenvalue weighted by Gasteiger charge is 2.30. The van der Waals surface area contributed by atoms with Gasteiger partial charge in [-0.3, -0.25) is 9.69 Å². The average Bonchev–Trinajstić information content (AvgIpc) is 2.43. The van der Waals surface area contributed by atoms with E-state index >= 15 is 0 Å². The number of nitrogens with zero attached hydrogens (tertiary/aromatic N) is 2. The van der Waals surface area contributed by atoms with Crippen LogP contribution in [-0.4, -0.2) is 72.1 Å². The van der Waals surface area contributed by atoms with Crippen molar-refractivity contribution in [3.63, 3.8) is 0 Å². The van der Waals surface area contributed by atoms with Gasteiger partial charge in [-0.1, -0.05) is 20.3 Å². The normalized spacial score (nSPS) is 22.0. The first-order valence-electron chi connectivity index (χ1n) is 7.32. The van der Waals surface area contributed by atoms with Gasteiger partial charge in [0.05, 0.1) is 6.04 Å². The lowest BCUT2D eigenvalue weighted by Crippen LogP contribution is -2.56. The van der Waals surface area contributed by atoms with Crippen LogP contribution >= 0.6 is 0 Å². The van der Waals surface area contributed by atoms with Crippen LogP contribution in [0.25, 0.3) is 0 Å². The maximum atomic E-state index is 12.2. The lowest BCUT2D eigenvalue weighted by atomic mass is 9.99. The Kier molecular flexibility index (Phi) is 6.42. The van der Waals surface area contributed by atoms with Gasteiger partial charge in [0.2, 0.25) is 5.91 Å². The summed E-state index contributed by atoms with van der Waals surface area (Å²) in [5.41, 5.74) is 0. The van der Waals surface area contributed by atoms with E-state index in [9.17, 15) is 14.7 Å². The molecule has 6 nitrogen and oxygen atoms in total. The minimum Gasteiger partial charge on any atom is -0.480 e. The highest BCUT2D eigenvalue weighted by atomic mass is 16.4. The molecule has 116 valence electrons. The van der Waals surface area contributed by atoms with Crippen LogP contribution in [-0.2, 0) is 9.59 Å². The Morgan fingerprint density at radius 2 is 1.75 bits per heavy atom. The first kappa shape index (κ1) is 16.9. The molecular weight excluding hydrogens is 258 g/mol. The second-order valence-electron chi connectivity index (χ2n) is 5.73. The van der Waals surface area contributed by atoms with Crippen molar-refractivity contribution in [2.75, 3.05) is 33.2 Å². The van der Waals surface area contributed by atoms with E-state index in [1.807, 2.05) is 20.8 Å². The molecule has 1 aliphatic rings. The number of hydrogen-bond acceptors (Lipinski definition) is 4. The Morgan fingerprint density at radius 3 is 2.20 bits per heavy atom. The third-order valence-electron chi connectivity index (χ3n) is 4.24. The fourth-order valence-corrected chi connectivity index (χ4v) is 2.33. The van der Waals surface area contributed by atoms with E-state index in [0.29, 0.717) is 0 Å². The van der Waals surface area contributed by atoms with E-state index in [1.54, 1.807) is 0 Å². The molecular formula is C14H27N3O3. The lowest BCUT2D eigenvalue weighted by molar-refractivity contribution is -0.144. The number of likely N-dealkylation sites (N-methyl/N-ethyl adjacent to an activating group) is 1. The standard InChI is InChI=1S/C14H27N3O3/c1-5-10(2)12(14(19)20)15-13(18)11(3)17-8-6-16(4)7-9-17/h10-12H,5-9H2,1-4H3,(H,15,18)(H,19,20). The van der Waals surface area contributed by atoms with Crippen LogP contribution in [0, 0.1) is 5.92 Å². The van der Waals surface area contributed by atoms with Crippen LogP contribution < -0.4 is 5.32 Å². The number of piperazine rings is 1. The average molecular weight is 285 g/mol. The van der Waals surface area contributed by atoms with Crippen molar-refractivity contribution in [2.45, 2.75) is 39.3 Å². The van der Waals surface area contributed by atoms with Gasteiger partial charge in [-0.25, -0.2) is 4.79 Å². The zero-order valence-electron chi connectivity index (χ0n) is 12.9. The van der Waals surface area contributed by atoms with Crippen LogP contribution in [0.5, 0.6) is 0 Å². The predicted octanol–water partition coefficient (Wildman–Crippen LogP) is 0.238. The summed E-state index contributed by atoms with van der Waals surface area (Å²) >= 11 is 0. The third-order valence-corrected chi connectivity index (χ3v) is 4.24. The maximum absolute atomic E-state index is 12.2. The van der Waals surface area contributed by atoms with Crippen molar-refractivity contribution >= 4 is 11.9 Å². The Balaban J connectivity index is 2.57. The number of amides is 1. The highest BCUT2D eigenvalue weighted by Crippen LogP contribution is 2.10. The van der Waals surface area contributed by atoms with Gasteiger partial charge < -0.3 is 15.3 Å². The van der Waals surface area contributed by atoms with Crippen molar-refractivity contribution in [2.24, 2.45) is 5.92 Å². The number of carbonyl (C=O) groups excluding carboxylic acids is 1. The minimum atomic E-state index is -0.960. The molecule has 0 radical (unpaired) electrons. The summed E-state index contributed by atoms with van der Waals surface area (Å²) in [5, 5.41) is 11.9. The summed E-state index contributed by atoms with van der Waals surface area (Å²) in [7, 11) is 2.06. The summed E-state index contributed by atoms with van der Waals surface area (Å²) in [5.74, 6) is -1.23. The van der Waals surface area contributed by atoms with Gasteiger partial charge in [0.15, 0.2) is 0 Å². The molecule has 1 fully saturated rings. The second kappa shape index (κ2) is 7.59. The molecule has 0 aromatic carbocycles. The maximum Gasteiger partial charge on any atom is 0.326 e. The van der Waals surface area contributed by atoms with Crippen LogP contribution in [0.2, 0.25) is 0 Å². The second-order valence-corrected chi connectivity index (χ2v) is 5.73. The zero-order valence-corrected chi connectivity index (χ0v) is 12.9. The molecule has 3 unspecified atom stereocenters. The molecule has 0 aromatic heterocycles. The zero-order chi connectivity index (χ0) is 15.3. The molecule has 0 bridgehead atoms. The molecule has 1 amide bonds. The summed E-state index contributed by atoms with van der Waals surface area (Å²) in [6.07, 6.45) is 0.722. The van der Waals surface area contributed by atoms with Crippen molar-refractivity contribution in [3.05, 3.63) is 0 Å². The summed E-state index contributed by atoms with van der Waals surface area (Å²) in [6, 6.07) is -1.09. The topological polar surface area (TPSA) is 72.9 Å². The molecule has 1 heterocycles. The van der Waals surface area contributed by atoms with E-state index in [-0.39, 0.29) is 17.9 Å². The molecule has 0 spiro atoms. The van der Waals surface area contributed by atoms with Gasteiger partial charge in [0.1, 0.15) is 6.04 Å². The Bertz CT molecular complexity index is 341. The number of carbonyl (C=O) groups is 2. The minimum absolute atomic E-state index is 0.0730. The van der Waals surface area contributed by atoms with Crippen LogP contribution in [0.3, 0.4) is 0 Å². The number of carboxylic acid groups (broad SMARTS) is 1. The molecule has 1 rings (SSSR count). The number of nitrogens with one attached hydrogen (secondary N) is 1. The quantitative estimate of drug-likeness (QED) is 0.731. The van der Waals surface area contributed by atoms with Gasteiger partial charge in [-0.05, 0) is 19.9 Å². The van der Waals surface area contributed by atoms with E-state index < -0.39 is 12.0 Å². The van der Waals surface area contributed by atoms with Gasteiger partial charge in [-0.2, -0.15) is 0 Å². The van der Waals surface area contributed by atoms with Crippen molar-refractivity contribution in [3.8, 4) is 0 Å². The number of aliphatic carboxylic acids is 1. The fourth-order valence-electron chi connectivity index (χ4n) is 2.33. The molecule has 3 atom stereocenters. The largest absolute Gasteiger partial charge is 0.480 e. The molecule has 6 heteroatoms. The number of hydrogen-bond donors (Lipinski definition) is 2.